The molecule has 9 heteroatoms. The lowest BCUT2D eigenvalue weighted by Gasteiger charge is -2.34. The Morgan fingerprint density at radius 1 is 1.15 bits per heavy atom. The molecule has 0 aliphatic carbocycles. The lowest BCUT2D eigenvalue weighted by molar-refractivity contribution is 0.0740. The third-order valence-corrected chi connectivity index (χ3v) is 4.03. The fourth-order valence-corrected chi connectivity index (χ4v) is 2.77. The Bertz CT molecular complexity index is 805. The number of amides is 2. The van der Waals surface area contributed by atoms with E-state index in [9.17, 15) is 9.59 Å². The highest BCUT2D eigenvalue weighted by molar-refractivity contribution is 6.05. The topological polar surface area (TPSA) is 115 Å². The molecular weight excluding hydrogens is 336 g/mol. The van der Waals surface area contributed by atoms with Gasteiger partial charge in [-0.05, 0) is 19.1 Å². The Kier molecular flexibility index (Phi) is 5.26. The average molecular weight is 356 g/mol. The van der Waals surface area contributed by atoms with Crippen LogP contribution in [0.4, 0.5) is 5.95 Å². The monoisotopic (exact) mass is 356 g/mol. The highest BCUT2D eigenvalue weighted by Crippen LogP contribution is 2.17. The van der Waals surface area contributed by atoms with Gasteiger partial charge in [0.15, 0.2) is 0 Å². The Morgan fingerprint density at radius 2 is 1.92 bits per heavy atom. The second-order valence-corrected chi connectivity index (χ2v) is 5.67. The summed E-state index contributed by atoms with van der Waals surface area (Å²) in [6, 6.07) is 4.89. The second-order valence-electron chi connectivity index (χ2n) is 5.67. The van der Waals surface area contributed by atoms with E-state index in [4.69, 9.17) is 10.5 Å². The van der Waals surface area contributed by atoms with Gasteiger partial charge in [0, 0.05) is 44.6 Å². The molecule has 9 nitrogen and oxygen atoms in total. The zero-order chi connectivity index (χ0) is 18.5. The first-order valence-electron chi connectivity index (χ1n) is 8.35. The molecule has 0 bridgehead atoms. The Morgan fingerprint density at radius 3 is 2.62 bits per heavy atom. The van der Waals surface area contributed by atoms with Gasteiger partial charge in [0.25, 0.3) is 11.8 Å². The molecule has 3 heterocycles. The summed E-state index contributed by atoms with van der Waals surface area (Å²) >= 11 is 0. The average Bonchev–Trinajstić information content (AvgIpc) is 2.68. The molecule has 0 spiro atoms. The van der Waals surface area contributed by atoms with Crippen LogP contribution in [0.1, 0.15) is 27.8 Å². The van der Waals surface area contributed by atoms with Crippen LogP contribution < -0.4 is 15.4 Å². The summed E-state index contributed by atoms with van der Waals surface area (Å²) in [7, 11) is 0. The molecule has 2 aromatic rings. The molecule has 3 rings (SSSR count). The molecule has 2 amide bonds. The van der Waals surface area contributed by atoms with Crippen LogP contribution in [0.2, 0.25) is 0 Å². The summed E-state index contributed by atoms with van der Waals surface area (Å²) in [5.41, 5.74) is 5.53. The number of hydrogen-bond donors (Lipinski definition) is 1. The minimum atomic E-state index is -0.714. The molecule has 1 saturated heterocycles. The van der Waals surface area contributed by atoms with Crippen LogP contribution in [0.3, 0.4) is 0 Å². The van der Waals surface area contributed by atoms with Crippen LogP contribution in [0.5, 0.6) is 5.88 Å². The maximum atomic E-state index is 12.7. The Hall–Kier alpha value is -3.23. The van der Waals surface area contributed by atoms with Gasteiger partial charge in [-0.2, -0.15) is 4.98 Å². The summed E-state index contributed by atoms with van der Waals surface area (Å²) in [5, 5.41) is 0. The number of carbonyl (C=O) groups is 2. The normalized spacial score (nSPS) is 14.2. The van der Waals surface area contributed by atoms with Crippen LogP contribution in [-0.2, 0) is 0 Å². The van der Waals surface area contributed by atoms with Crippen molar-refractivity contribution in [3.05, 3.63) is 41.9 Å². The molecule has 0 aromatic carbocycles. The number of aromatic nitrogens is 3. The number of hydrogen-bond acceptors (Lipinski definition) is 7. The fourth-order valence-electron chi connectivity index (χ4n) is 2.77. The van der Waals surface area contributed by atoms with Crippen molar-refractivity contribution in [2.75, 3.05) is 37.7 Å². The van der Waals surface area contributed by atoms with Gasteiger partial charge in [-0.25, -0.2) is 4.98 Å². The third-order valence-electron chi connectivity index (χ3n) is 4.03. The summed E-state index contributed by atoms with van der Waals surface area (Å²) in [4.78, 5) is 40.4. The molecule has 1 aliphatic rings. The van der Waals surface area contributed by atoms with Gasteiger partial charge in [0.1, 0.15) is 5.69 Å². The van der Waals surface area contributed by atoms with E-state index in [2.05, 4.69) is 15.0 Å². The maximum absolute atomic E-state index is 12.7. The standard InChI is InChI=1S/C17H20N6O3/c1-2-26-13-5-7-20-17(21-13)23-10-8-22(9-11-23)16(25)12-4-3-6-19-14(12)15(18)24/h3-7H,2,8-11H2,1H3,(H2,18,24). The van der Waals surface area contributed by atoms with Gasteiger partial charge in [0.2, 0.25) is 11.8 Å². The van der Waals surface area contributed by atoms with E-state index in [1.165, 1.54) is 6.20 Å². The summed E-state index contributed by atoms with van der Waals surface area (Å²) < 4.78 is 5.40. The summed E-state index contributed by atoms with van der Waals surface area (Å²) in [5.74, 6) is 0.129. The first-order chi connectivity index (χ1) is 12.6. The van der Waals surface area contributed by atoms with Crippen molar-refractivity contribution < 1.29 is 14.3 Å². The molecule has 2 aromatic heterocycles. The van der Waals surface area contributed by atoms with Crippen LogP contribution in [-0.4, -0.2) is 64.5 Å². The van der Waals surface area contributed by atoms with Gasteiger partial charge in [0.05, 0.1) is 12.2 Å². The number of rotatable bonds is 5. The van der Waals surface area contributed by atoms with Crippen molar-refractivity contribution in [3.8, 4) is 5.88 Å². The minimum absolute atomic E-state index is 0.00678. The highest BCUT2D eigenvalue weighted by Gasteiger charge is 2.26. The molecular formula is C17H20N6O3. The number of pyridine rings is 1. The summed E-state index contributed by atoms with van der Waals surface area (Å²) in [6.45, 7) is 4.54. The molecule has 0 saturated carbocycles. The molecule has 2 N–H and O–H groups in total. The summed E-state index contributed by atoms with van der Waals surface area (Å²) in [6.07, 6.45) is 3.09. The number of piperazine rings is 1. The Labute approximate surface area is 150 Å². The van der Waals surface area contributed by atoms with Gasteiger partial charge >= 0.3 is 0 Å². The molecule has 0 radical (unpaired) electrons. The van der Waals surface area contributed by atoms with E-state index in [0.29, 0.717) is 44.6 Å². The van der Waals surface area contributed by atoms with Gasteiger partial charge in [-0.1, -0.05) is 0 Å². The molecule has 0 unspecified atom stereocenters. The van der Waals surface area contributed by atoms with Gasteiger partial charge in [-0.3, -0.25) is 14.6 Å². The van der Waals surface area contributed by atoms with E-state index in [1.54, 1.807) is 29.3 Å². The van der Waals surface area contributed by atoms with Crippen molar-refractivity contribution in [3.63, 3.8) is 0 Å². The fraction of sp³-hybridized carbons (Fsp3) is 0.353. The number of nitrogens with zero attached hydrogens (tertiary/aromatic N) is 5. The zero-order valence-corrected chi connectivity index (χ0v) is 14.5. The number of nitrogens with two attached hydrogens (primary N) is 1. The van der Waals surface area contributed by atoms with Crippen LogP contribution >= 0.6 is 0 Å². The number of carbonyl (C=O) groups excluding carboxylic acids is 2. The predicted molar refractivity (Wildman–Crippen MR) is 94.1 cm³/mol. The van der Waals surface area contributed by atoms with E-state index in [0.717, 1.165) is 0 Å². The highest BCUT2D eigenvalue weighted by atomic mass is 16.5. The van der Waals surface area contributed by atoms with Gasteiger partial charge < -0.3 is 20.3 Å². The first kappa shape index (κ1) is 17.6. The van der Waals surface area contributed by atoms with Crippen LogP contribution in [0, 0.1) is 0 Å². The van der Waals surface area contributed by atoms with Crippen molar-refractivity contribution in [2.24, 2.45) is 5.73 Å². The van der Waals surface area contributed by atoms with Gasteiger partial charge in [-0.15, -0.1) is 0 Å². The van der Waals surface area contributed by atoms with E-state index in [1.807, 2.05) is 11.8 Å². The van der Waals surface area contributed by atoms with Crippen molar-refractivity contribution >= 4 is 17.8 Å². The number of primary amides is 1. The van der Waals surface area contributed by atoms with E-state index in [-0.39, 0.29) is 17.2 Å². The minimum Gasteiger partial charge on any atom is -0.478 e. The second kappa shape index (κ2) is 7.77. The van der Waals surface area contributed by atoms with Crippen LogP contribution in [0.25, 0.3) is 0 Å². The Balaban J connectivity index is 1.68. The predicted octanol–water partition coefficient (Wildman–Crippen LogP) is 0.332. The zero-order valence-electron chi connectivity index (χ0n) is 14.5. The maximum Gasteiger partial charge on any atom is 0.268 e. The quantitative estimate of drug-likeness (QED) is 0.821. The van der Waals surface area contributed by atoms with Crippen molar-refractivity contribution in [1.82, 2.24) is 19.9 Å². The molecule has 1 aliphatic heterocycles. The van der Waals surface area contributed by atoms with Crippen LogP contribution in [0.15, 0.2) is 30.6 Å². The third kappa shape index (κ3) is 3.71. The van der Waals surface area contributed by atoms with Crippen molar-refractivity contribution in [2.45, 2.75) is 6.92 Å². The number of ether oxygens (including phenoxy) is 1. The lowest BCUT2D eigenvalue weighted by Crippen LogP contribution is -2.49. The molecule has 0 atom stereocenters. The largest absolute Gasteiger partial charge is 0.478 e. The van der Waals surface area contributed by atoms with E-state index >= 15 is 0 Å². The lowest BCUT2D eigenvalue weighted by atomic mass is 10.1. The molecule has 136 valence electrons. The number of anilines is 1. The first-order valence-corrected chi connectivity index (χ1v) is 8.35. The molecule has 1 fully saturated rings. The smallest absolute Gasteiger partial charge is 0.268 e. The SMILES string of the molecule is CCOc1ccnc(N2CCN(C(=O)c3cccnc3C(N)=O)CC2)n1. The van der Waals surface area contributed by atoms with Crippen molar-refractivity contribution in [1.29, 1.82) is 0 Å². The molecule has 26 heavy (non-hydrogen) atoms. The van der Waals surface area contributed by atoms with E-state index < -0.39 is 5.91 Å².